The van der Waals surface area contributed by atoms with Crippen LogP contribution in [0, 0.1) is 15.9 Å². The number of nitrogens with one attached hydrogen (secondary N) is 2. The molecule has 3 rings (SSSR count). The van der Waals surface area contributed by atoms with E-state index in [1.54, 1.807) is 0 Å². The predicted octanol–water partition coefficient (Wildman–Crippen LogP) is 0.575. The lowest BCUT2D eigenvalue weighted by molar-refractivity contribution is -0.898. The van der Waals surface area contributed by atoms with Crippen molar-refractivity contribution in [1.82, 2.24) is 9.97 Å². The predicted molar refractivity (Wildman–Crippen MR) is 96.2 cm³/mol. The molecule has 0 amide bonds. The van der Waals surface area contributed by atoms with Crippen LogP contribution >= 0.6 is 0 Å². The van der Waals surface area contributed by atoms with Gasteiger partial charge in [0.1, 0.15) is 5.82 Å². The van der Waals surface area contributed by atoms with E-state index < -0.39 is 16.4 Å². The second kappa shape index (κ2) is 7.48. The van der Waals surface area contributed by atoms with E-state index in [4.69, 9.17) is 5.73 Å². The first-order valence-corrected chi connectivity index (χ1v) is 8.41. The number of hydrogen-bond donors (Lipinski definition) is 3. The summed E-state index contributed by atoms with van der Waals surface area (Å²) in [7, 11) is 0. The van der Waals surface area contributed by atoms with Gasteiger partial charge in [-0.25, -0.2) is 4.39 Å². The molecule has 1 aromatic heterocycles. The summed E-state index contributed by atoms with van der Waals surface area (Å²) in [5, 5.41) is 14.2. The van der Waals surface area contributed by atoms with Crippen LogP contribution in [-0.4, -0.2) is 47.6 Å². The van der Waals surface area contributed by atoms with Gasteiger partial charge in [0, 0.05) is 5.69 Å². The van der Waals surface area contributed by atoms with Gasteiger partial charge in [0.15, 0.2) is 0 Å². The maximum absolute atomic E-state index is 13.1. The fourth-order valence-electron chi connectivity index (χ4n) is 2.91. The van der Waals surface area contributed by atoms with Crippen LogP contribution in [0.2, 0.25) is 0 Å². The van der Waals surface area contributed by atoms with E-state index in [1.807, 2.05) is 4.90 Å². The van der Waals surface area contributed by atoms with E-state index in [9.17, 15) is 14.5 Å². The summed E-state index contributed by atoms with van der Waals surface area (Å²) in [5.74, 6) is -0.249. The molecule has 0 atom stereocenters. The van der Waals surface area contributed by atoms with Gasteiger partial charge in [-0.05, 0) is 31.2 Å². The van der Waals surface area contributed by atoms with Crippen molar-refractivity contribution < 1.29 is 14.2 Å². The van der Waals surface area contributed by atoms with Gasteiger partial charge in [0.25, 0.3) is 0 Å². The molecule has 2 aromatic rings. The first-order chi connectivity index (χ1) is 12.5. The number of halogens is 1. The summed E-state index contributed by atoms with van der Waals surface area (Å²) in [5.41, 5.74) is 5.91. The Balaban J connectivity index is 1.92. The smallest absolute Gasteiger partial charge is 0.353 e. The van der Waals surface area contributed by atoms with Crippen molar-refractivity contribution in [2.45, 2.75) is 6.92 Å². The second-order valence-electron chi connectivity index (χ2n) is 6.09. The standard InChI is InChI=1S/C16H20FN7O2/c1-2-22-7-9-23(10-8-22)16-20-14(18)13(24(25)26)15(21-16)19-12-5-3-11(17)4-6-12/h3-6H,2,7-10H2,1H3,(H3,18,19,20,21)/p+1. The second-order valence-corrected chi connectivity index (χ2v) is 6.09. The molecule has 0 aliphatic carbocycles. The van der Waals surface area contributed by atoms with Crippen molar-refractivity contribution in [3.8, 4) is 0 Å². The molecule has 138 valence electrons. The van der Waals surface area contributed by atoms with Crippen LogP contribution in [0.1, 0.15) is 6.92 Å². The van der Waals surface area contributed by atoms with Crippen molar-refractivity contribution in [3.05, 3.63) is 40.2 Å². The molecule has 0 bridgehead atoms. The number of nitrogens with two attached hydrogens (primary N) is 1. The van der Waals surface area contributed by atoms with Crippen LogP contribution in [0.5, 0.6) is 0 Å². The molecule has 1 fully saturated rings. The van der Waals surface area contributed by atoms with Gasteiger partial charge in [-0.3, -0.25) is 10.1 Å². The van der Waals surface area contributed by atoms with Crippen molar-refractivity contribution in [2.75, 3.05) is 48.7 Å². The minimum atomic E-state index is -0.621. The van der Waals surface area contributed by atoms with E-state index in [1.165, 1.54) is 29.2 Å². The zero-order chi connectivity index (χ0) is 18.7. The van der Waals surface area contributed by atoms with Gasteiger partial charge in [0.05, 0.1) is 37.6 Å². The van der Waals surface area contributed by atoms with E-state index in [0.29, 0.717) is 11.6 Å². The molecule has 0 spiro atoms. The van der Waals surface area contributed by atoms with Crippen LogP contribution in [0.4, 0.5) is 33.3 Å². The minimum absolute atomic E-state index is 0.00521. The Morgan fingerprint density at radius 2 is 1.96 bits per heavy atom. The molecule has 1 aliphatic heterocycles. The van der Waals surface area contributed by atoms with E-state index in [0.717, 1.165) is 32.7 Å². The molecule has 9 nitrogen and oxygen atoms in total. The number of aromatic nitrogens is 2. The highest BCUT2D eigenvalue weighted by atomic mass is 19.1. The van der Waals surface area contributed by atoms with E-state index >= 15 is 0 Å². The number of hydrogen-bond acceptors (Lipinski definition) is 7. The Kier molecular flexibility index (Phi) is 5.12. The molecule has 1 saturated heterocycles. The molecule has 1 aromatic carbocycles. The SMILES string of the molecule is CC[NH+]1CCN(c2nc(N)c([N+](=O)[O-])c(Nc3ccc(F)cc3)n2)CC1. The molecule has 10 heteroatoms. The van der Waals surface area contributed by atoms with Crippen molar-refractivity contribution in [3.63, 3.8) is 0 Å². The van der Waals surface area contributed by atoms with Crippen molar-refractivity contribution >= 4 is 29.0 Å². The fraction of sp³-hybridized carbons (Fsp3) is 0.375. The fourth-order valence-corrected chi connectivity index (χ4v) is 2.91. The maximum atomic E-state index is 13.1. The highest BCUT2D eigenvalue weighted by molar-refractivity contribution is 5.74. The van der Waals surface area contributed by atoms with Crippen LogP contribution in [-0.2, 0) is 0 Å². The van der Waals surface area contributed by atoms with E-state index in [-0.39, 0.29) is 11.6 Å². The van der Waals surface area contributed by atoms with Crippen LogP contribution in [0.15, 0.2) is 24.3 Å². The first kappa shape index (κ1) is 17.8. The largest absolute Gasteiger partial charge is 0.378 e. The molecule has 2 heterocycles. The quantitative estimate of drug-likeness (QED) is 0.526. The van der Waals surface area contributed by atoms with Gasteiger partial charge in [-0.2, -0.15) is 9.97 Å². The number of rotatable bonds is 5. The molecular weight excluding hydrogens is 341 g/mol. The third-order valence-electron chi connectivity index (χ3n) is 4.44. The Bertz CT molecular complexity index is 792. The topological polar surface area (TPSA) is 115 Å². The number of benzene rings is 1. The van der Waals surface area contributed by atoms with Gasteiger partial charge >= 0.3 is 5.69 Å². The third-order valence-corrected chi connectivity index (χ3v) is 4.44. The lowest BCUT2D eigenvalue weighted by Crippen LogP contribution is -3.14. The number of quaternary nitrogens is 1. The van der Waals surface area contributed by atoms with Crippen molar-refractivity contribution in [1.29, 1.82) is 0 Å². The maximum Gasteiger partial charge on any atom is 0.353 e. The van der Waals surface area contributed by atoms with Gasteiger partial charge in [-0.15, -0.1) is 0 Å². The first-order valence-electron chi connectivity index (χ1n) is 8.41. The number of nitro groups is 1. The third kappa shape index (κ3) is 3.80. The Morgan fingerprint density at radius 1 is 1.31 bits per heavy atom. The summed E-state index contributed by atoms with van der Waals surface area (Å²) >= 11 is 0. The van der Waals surface area contributed by atoms with Gasteiger partial charge in [-0.1, -0.05) is 0 Å². The number of nitrogen functional groups attached to an aromatic ring is 1. The molecule has 0 radical (unpaired) electrons. The summed E-state index contributed by atoms with van der Waals surface area (Å²) < 4.78 is 13.1. The molecule has 26 heavy (non-hydrogen) atoms. The highest BCUT2D eigenvalue weighted by Gasteiger charge is 2.27. The van der Waals surface area contributed by atoms with Gasteiger partial charge < -0.3 is 20.9 Å². The zero-order valence-electron chi connectivity index (χ0n) is 14.4. The summed E-state index contributed by atoms with van der Waals surface area (Å²) in [6, 6.07) is 5.46. The minimum Gasteiger partial charge on any atom is -0.378 e. The molecular formula is C16H21FN7O2+. The van der Waals surface area contributed by atoms with Crippen LogP contribution < -0.4 is 20.9 Å². The monoisotopic (exact) mass is 362 g/mol. The van der Waals surface area contributed by atoms with Crippen molar-refractivity contribution in [2.24, 2.45) is 0 Å². The summed E-state index contributed by atoms with van der Waals surface area (Å²) in [6.45, 7) is 6.56. The van der Waals surface area contributed by atoms with E-state index in [2.05, 4.69) is 22.2 Å². The zero-order valence-corrected chi connectivity index (χ0v) is 14.4. The lowest BCUT2D eigenvalue weighted by Gasteiger charge is -2.31. The number of anilines is 4. The van der Waals surface area contributed by atoms with Crippen LogP contribution in [0.25, 0.3) is 0 Å². The molecule has 4 N–H and O–H groups in total. The Hall–Kier alpha value is -3.01. The average molecular weight is 362 g/mol. The average Bonchev–Trinajstić information content (AvgIpc) is 2.63. The number of piperazine rings is 1. The molecule has 0 unspecified atom stereocenters. The number of nitrogens with zero attached hydrogens (tertiary/aromatic N) is 4. The number of likely N-dealkylation sites (N-methyl/N-ethyl adjacent to an activating group) is 1. The summed E-state index contributed by atoms with van der Waals surface area (Å²) in [4.78, 5) is 22.7. The molecule has 0 saturated carbocycles. The Morgan fingerprint density at radius 3 is 2.54 bits per heavy atom. The lowest BCUT2D eigenvalue weighted by atomic mass is 10.3. The van der Waals surface area contributed by atoms with Gasteiger partial charge in [0.2, 0.25) is 17.6 Å². The summed E-state index contributed by atoms with van der Waals surface area (Å²) in [6.07, 6.45) is 0. The Labute approximate surface area is 149 Å². The highest BCUT2D eigenvalue weighted by Crippen LogP contribution is 2.32. The van der Waals surface area contributed by atoms with Crippen LogP contribution in [0.3, 0.4) is 0 Å². The normalized spacial score (nSPS) is 15.1. The molecule has 1 aliphatic rings.